The minimum atomic E-state index is -2.60. The summed E-state index contributed by atoms with van der Waals surface area (Å²) in [6.45, 7) is 23.8. The van der Waals surface area contributed by atoms with Crippen LogP contribution in [0.3, 0.4) is 0 Å². The predicted octanol–water partition coefficient (Wildman–Crippen LogP) is 8.48. The van der Waals surface area contributed by atoms with E-state index in [2.05, 4.69) is 87.5 Å². The highest BCUT2D eigenvalue weighted by Crippen LogP contribution is 2.65. The van der Waals surface area contributed by atoms with Gasteiger partial charge in [-0.25, -0.2) is 0 Å². The van der Waals surface area contributed by atoms with Crippen LogP contribution in [0.25, 0.3) is 0 Å². The van der Waals surface area contributed by atoms with Gasteiger partial charge in [0.15, 0.2) is 0 Å². The summed E-state index contributed by atoms with van der Waals surface area (Å²) in [6.07, 6.45) is 15.7. The molecule has 0 aromatic rings. The van der Waals surface area contributed by atoms with Crippen molar-refractivity contribution in [2.45, 2.75) is 136 Å². The summed E-state index contributed by atoms with van der Waals surface area (Å²) in [5, 5.41) is 0.00130. The topological polar surface area (TPSA) is 18.5 Å². The molecule has 2 aliphatic carbocycles. The Hall–Kier alpha value is -0.383. The zero-order valence-corrected chi connectivity index (χ0v) is 22.6. The minimum absolute atomic E-state index is 0.000651. The molecule has 1 saturated heterocycles. The molecule has 3 aliphatic rings. The molecule has 0 radical (unpaired) electrons. The SMILES string of the molecule is CCCC[C@@]12O[Si](C(C)(C)C)(C(C)(C)C)O[C@H]1C1=CCCC[C@@]1(C)/C=C\CC2(C)C. The molecule has 0 aromatic heterocycles. The quantitative estimate of drug-likeness (QED) is 0.329. The van der Waals surface area contributed by atoms with E-state index in [4.69, 9.17) is 8.85 Å². The lowest BCUT2D eigenvalue weighted by atomic mass is 9.59. The van der Waals surface area contributed by atoms with E-state index in [-0.39, 0.29) is 32.6 Å². The van der Waals surface area contributed by atoms with Crippen molar-refractivity contribution < 1.29 is 8.85 Å². The molecule has 3 heteroatoms. The lowest BCUT2D eigenvalue weighted by Gasteiger charge is -2.52. The summed E-state index contributed by atoms with van der Waals surface area (Å²) < 4.78 is 15.2. The molecule has 3 rings (SSSR count). The largest absolute Gasteiger partial charge is 0.384 e. The van der Waals surface area contributed by atoms with Crippen molar-refractivity contribution in [2.75, 3.05) is 0 Å². The molecule has 0 bridgehead atoms. The fourth-order valence-electron chi connectivity index (χ4n) is 6.62. The van der Waals surface area contributed by atoms with Gasteiger partial charge in [-0.15, -0.1) is 0 Å². The van der Waals surface area contributed by atoms with E-state index in [1.54, 1.807) is 0 Å². The molecule has 3 atom stereocenters. The number of hydrogen-bond acceptors (Lipinski definition) is 2. The van der Waals surface area contributed by atoms with Crippen LogP contribution in [-0.4, -0.2) is 20.3 Å². The third-order valence-corrected chi connectivity index (χ3v) is 13.5. The van der Waals surface area contributed by atoms with E-state index in [1.807, 2.05) is 0 Å². The maximum absolute atomic E-state index is 7.66. The van der Waals surface area contributed by atoms with Gasteiger partial charge in [0.2, 0.25) is 0 Å². The van der Waals surface area contributed by atoms with Crippen molar-refractivity contribution in [2.24, 2.45) is 10.8 Å². The third-order valence-electron chi connectivity index (χ3n) is 8.38. The highest BCUT2D eigenvalue weighted by molar-refractivity contribution is 6.74. The molecule has 1 heterocycles. The maximum atomic E-state index is 7.66. The zero-order chi connectivity index (χ0) is 22.6. The smallest absolute Gasteiger partial charge is 0.350 e. The second kappa shape index (κ2) is 7.59. The molecule has 0 N–H and O–H groups in total. The van der Waals surface area contributed by atoms with Crippen molar-refractivity contribution in [3.8, 4) is 0 Å². The third kappa shape index (κ3) is 3.51. The second-order valence-electron chi connectivity index (χ2n) is 13.2. The molecule has 0 unspecified atom stereocenters. The number of rotatable bonds is 3. The molecular weight excluding hydrogens is 384 g/mol. The summed E-state index contributed by atoms with van der Waals surface area (Å²) in [4.78, 5) is 0. The van der Waals surface area contributed by atoms with Crippen molar-refractivity contribution in [1.29, 1.82) is 0 Å². The Labute approximate surface area is 188 Å². The molecule has 1 fully saturated rings. The van der Waals surface area contributed by atoms with Crippen LogP contribution in [0.1, 0.15) is 114 Å². The fourth-order valence-corrected chi connectivity index (χ4v) is 11.9. The van der Waals surface area contributed by atoms with Gasteiger partial charge < -0.3 is 8.85 Å². The highest BCUT2D eigenvalue weighted by atomic mass is 28.4. The van der Waals surface area contributed by atoms with Crippen molar-refractivity contribution in [1.82, 2.24) is 0 Å². The van der Waals surface area contributed by atoms with E-state index in [0.29, 0.717) is 0 Å². The average molecular weight is 433 g/mol. The normalized spacial score (nSPS) is 36.9. The van der Waals surface area contributed by atoms with Gasteiger partial charge in [0.1, 0.15) is 0 Å². The van der Waals surface area contributed by atoms with Crippen LogP contribution in [-0.2, 0) is 8.85 Å². The number of allylic oxidation sites excluding steroid dienone is 3. The first-order chi connectivity index (χ1) is 13.7. The Bertz CT molecular complexity index is 691. The Morgan fingerprint density at radius 2 is 1.70 bits per heavy atom. The molecule has 0 amide bonds. The van der Waals surface area contributed by atoms with E-state index in [1.165, 1.54) is 37.7 Å². The van der Waals surface area contributed by atoms with Crippen LogP contribution < -0.4 is 0 Å². The standard InChI is InChI=1S/C27H48O2Si/c1-11-12-20-27-22(28-30(29-27,23(2,3)4)24(5,6)7)21-16-13-14-18-26(21,10)19-15-17-25(27,8)9/h15-16,19,22H,11-14,17-18,20H2,1-10H3/b19-15-/t22-,26-,27+/m0/s1. The van der Waals surface area contributed by atoms with Gasteiger partial charge in [0, 0.05) is 15.5 Å². The highest BCUT2D eigenvalue weighted by Gasteiger charge is 2.72. The number of hydrogen-bond donors (Lipinski definition) is 0. The maximum Gasteiger partial charge on any atom is 0.350 e. The van der Waals surface area contributed by atoms with Gasteiger partial charge in [-0.2, -0.15) is 0 Å². The van der Waals surface area contributed by atoms with E-state index < -0.39 is 8.56 Å². The van der Waals surface area contributed by atoms with Gasteiger partial charge in [0.25, 0.3) is 0 Å². The lowest BCUT2D eigenvalue weighted by Crippen LogP contribution is -2.58. The first kappa shape index (κ1) is 24.3. The fraction of sp³-hybridized carbons (Fsp3) is 0.852. The van der Waals surface area contributed by atoms with Crippen molar-refractivity contribution in [3.05, 3.63) is 23.8 Å². The Morgan fingerprint density at radius 3 is 2.27 bits per heavy atom. The lowest BCUT2D eigenvalue weighted by molar-refractivity contribution is -0.0706. The van der Waals surface area contributed by atoms with Crippen LogP contribution in [0.4, 0.5) is 0 Å². The van der Waals surface area contributed by atoms with Gasteiger partial charge in [-0.3, -0.25) is 0 Å². The van der Waals surface area contributed by atoms with Crippen LogP contribution >= 0.6 is 0 Å². The van der Waals surface area contributed by atoms with E-state index in [9.17, 15) is 0 Å². The monoisotopic (exact) mass is 432 g/mol. The summed E-state index contributed by atoms with van der Waals surface area (Å²) in [7, 11) is -2.60. The zero-order valence-electron chi connectivity index (χ0n) is 21.6. The molecule has 2 nitrogen and oxygen atoms in total. The summed E-state index contributed by atoms with van der Waals surface area (Å²) in [5.74, 6) is 0. The van der Waals surface area contributed by atoms with Crippen LogP contribution in [0.15, 0.2) is 23.8 Å². The second-order valence-corrected chi connectivity index (χ2v) is 17.8. The van der Waals surface area contributed by atoms with Crippen LogP contribution in [0.2, 0.25) is 10.1 Å². The molecule has 1 aliphatic heterocycles. The van der Waals surface area contributed by atoms with Gasteiger partial charge in [-0.1, -0.05) is 100 Å². The summed E-state index contributed by atoms with van der Waals surface area (Å²) in [5.41, 5.74) is 1.37. The van der Waals surface area contributed by atoms with Gasteiger partial charge in [-0.05, 0) is 43.1 Å². The Morgan fingerprint density at radius 1 is 1.07 bits per heavy atom. The Kier molecular flexibility index (Phi) is 6.14. The molecular formula is C27H48O2Si. The van der Waals surface area contributed by atoms with E-state index in [0.717, 1.165) is 12.8 Å². The molecule has 172 valence electrons. The minimum Gasteiger partial charge on any atom is -0.384 e. The van der Waals surface area contributed by atoms with Crippen LogP contribution in [0, 0.1) is 10.8 Å². The van der Waals surface area contributed by atoms with Gasteiger partial charge >= 0.3 is 8.56 Å². The predicted molar refractivity (Wildman–Crippen MR) is 131 cm³/mol. The number of unbranched alkanes of at least 4 members (excludes halogenated alkanes) is 1. The number of fused-ring (bicyclic) bond motifs is 3. The summed E-state index contributed by atoms with van der Waals surface area (Å²) in [6, 6.07) is 0. The van der Waals surface area contributed by atoms with Crippen molar-refractivity contribution >= 4 is 8.56 Å². The van der Waals surface area contributed by atoms with E-state index >= 15 is 0 Å². The molecule has 0 saturated carbocycles. The summed E-state index contributed by atoms with van der Waals surface area (Å²) >= 11 is 0. The molecule has 0 spiro atoms. The van der Waals surface area contributed by atoms with Crippen LogP contribution in [0.5, 0.6) is 0 Å². The average Bonchev–Trinajstić information content (AvgIpc) is 2.97. The van der Waals surface area contributed by atoms with Gasteiger partial charge in [0.05, 0.1) is 11.7 Å². The first-order valence-electron chi connectivity index (χ1n) is 12.4. The Balaban J connectivity index is 2.30. The molecule has 0 aromatic carbocycles. The molecule has 30 heavy (non-hydrogen) atoms. The first-order valence-corrected chi connectivity index (χ1v) is 14.2. The van der Waals surface area contributed by atoms with Crippen molar-refractivity contribution in [3.63, 3.8) is 0 Å².